The maximum atomic E-state index is 11.9. The molecule has 114 valence electrons. The first-order valence-electron chi connectivity index (χ1n) is 7.78. The van der Waals surface area contributed by atoms with Crippen molar-refractivity contribution >= 4 is 11.7 Å². The lowest BCUT2D eigenvalue weighted by Gasteiger charge is -2.39. The van der Waals surface area contributed by atoms with E-state index < -0.39 is 11.5 Å². The first-order chi connectivity index (χ1) is 10.1. The highest BCUT2D eigenvalue weighted by atomic mass is 16.5. The molecule has 2 unspecified atom stereocenters. The normalized spacial score (nSPS) is 28.9. The second kappa shape index (κ2) is 5.58. The maximum Gasteiger partial charge on any atom is 0.329 e. The highest BCUT2D eigenvalue weighted by Gasteiger charge is 2.46. The summed E-state index contributed by atoms with van der Waals surface area (Å²) in [4.78, 5) is 11.9. The van der Waals surface area contributed by atoms with Gasteiger partial charge in [0.2, 0.25) is 0 Å². The molecular formula is C17H23NO3. The quantitative estimate of drug-likeness (QED) is 0.870. The second-order valence-corrected chi connectivity index (χ2v) is 6.44. The van der Waals surface area contributed by atoms with Crippen LogP contribution < -0.4 is 10.1 Å². The van der Waals surface area contributed by atoms with E-state index in [0.29, 0.717) is 12.3 Å². The minimum atomic E-state index is -0.822. The molecule has 4 heteroatoms. The highest BCUT2D eigenvalue weighted by molar-refractivity contribution is 5.83. The Bertz CT molecular complexity index is 527. The van der Waals surface area contributed by atoms with E-state index in [1.165, 1.54) is 19.3 Å². The van der Waals surface area contributed by atoms with Gasteiger partial charge in [-0.25, -0.2) is 4.79 Å². The molecule has 1 aromatic rings. The number of hydrogen-bond acceptors (Lipinski definition) is 3. The Kier molecular flexibility index (Phi) is 3.79. The van der Waals surface area contributed by atoms with Gasteiger partial charge in [-0.15, -0.1) is 0 Å². The van der Waals surface area contributed by atoms with Gasteiger partial charge in [0.15, 0.2) is 0 Å². The van der Waals surface area contributed by atoms with Crippen molar-refractivity contribution in [2.75, 3.05) is 12.4 Å². The van der Waals surface area contributed by atoms with Crippen molar-refractivity contribution in [2.24, 2.45) is 11.8 Å². The molecule has 0 aromatic heterocycles. The molecule has 0 saturated heterocycles. The van der Waals surface area contributed by atoms with E-state index in [0.717, 1.165) is 30.2 Å². The minimum absolute atomic E-state index is 0.563. The Morgan fingerprint density at radius 3 is 2.81 bits per heavy atom. The molecule has 0 bridgehead atoms. The van der Waals surface area contributed by atoms with Crippen LogP contribution in [0, 0.1) is 11.8 Å². The first-order valence-corrected chi connectivity index (χ1v) is 7.78. The van der Waals surface area contributed by atoms with Crippen LogP contribution in [0.3, 0.4) is 0 Å². The van der Waals surface area contributed by atoms with Crippen molar-refractivity contribution in [2.45, 2.75) is 44.1 Å². The molecule has 0 spiro atoms. The summed E-state index contributed by atoms with van der Waals surface area (Å²) in [6.45, 7) is 0. The van der Waals surface area contributed by atoms with E-state index in [1.54, 1.807) is 7.11 Å². The topological polar surface area (TPSA) is 58.6 Å². The Morgan fingerprint density at radius 2 is 2.14 bits per heavy atom. The lowest BCUT2D eigenvalue weighted by atomic mass is 9.73. The number of carboxylic acid groups (broad SMARTS) is 1. The summed E-state index contributed by atoms with van der Waals surface area (Å²) in [6, 6.07) is 7.53. The summed E-state index contributed by atoms with van der Waals surface area (Å²) in [5.41, 5.74) is 0.00548. The third-order valence-corrected chi connectivity index (χ3v) is 4.94. The van der Waals surface area contributed by atoms with Crippen LogP contribution in [0.25, 0.3) is 0 Å². The van der Waals surface area contributed by atoms with Gasteiger partial charge in [0.1, 0.15) is 11.3 Å². The van der Waals surface area contributed by atoms with Gasteiger partial charge in [0.05, 0.1) is 7.11 Å². The van der Waals surface area contributed by atoms with Crippen molar-refractivity contribution in [1.82, 2.24) is 0 Å². The predicted octanol–water partition coefficient (Wildman–Crippen LogP) is 3.53. The average molecular weight is 289 g/mol. The summed E-state index contributed by atoms with van der Waals surface area (Å²) in [5, 5.41) is 13.1. The fourth-order valence-corrected chi connectivity index (χ4v) is 3.63. The van der Waals surface area contributed by atoms with Crippen molar-refractivity contribution in [3.63, 3.8) is 0 Å². The molecule has 2 saturated carbocycles. The van der Waals surface area contributed by atoms with Gasteiger partial charge in [0.25, 0.3) is 0 Å². The number of carboxylic acids is 1. The molecule has 2 fully saturated rings. The van der Waals surface area contributed by atoms with Gasteiger partial charge in [-0.2, -0.15) is 0 Å². The lowest BCUT2D eigenvalue weighted by Crippen LogP contribution is -2.50. The number of anilines is 1. The van der Waals surface area contributed by atoms with Crippen molar-refractivity contribution in [1.29, 1.82) is 0 Å². The largest absolute Gasteiger partial charge is 0.497 e. The van der Waals surface area contributed by atoms with Gasteiger partial charge >= 0.3 is 5.97 Å². The van der Waals surface area contributed by atoms with E-state index in [1.807, 2.05) is 24.3 Å². The zero-order valence-electron chi connectivity index (χ0n) is 12.5. The van der Waals surface area contributed by atoms with Crippen LogP contribution in [-0.2, 0) is 4.79 Å². The van der Waals surface area contributed by atoms with Crippen LogP contribution in [0.2, 0.25) is 0 Å². The molecule has 4 nitrogen and oxygen atoms in total. The molecule has 2 atom stereocenters. The number of nitrogens with one attached hydrogen (secondary N) is 1. The molecule has 0 heterocycles. The van der Waals surface area contributed by atoms with Crippen LogP contribution in [0.15, 0.2) is 24.3 Å². The van der Waals surface area contributed by atoms with Crippen molar-refractivity contribution in [3.05, 3.63) is 24.3 Å². The van der Waals surface area contributed by atoms with Gasteiger partial charge < -0.3 is 15.2 Å². The Morgan fingerprint density at radius 1 is 1.33 bits per heavy atom. The Hall–Kier alpha value is -1.71. The van der Waals surface area contributed by atoms with E-state index in [4.69, 9.17) is 4.74 Å². The monoisotopic (exact) mass is 289 g/mol. The first kappa shape index (κ1) is 14.2. The molecule has 0 amide bonds. The van der Waals surface area contributed by atoms with E-state index in [-0.39, 0.29) is 0 Å². The van der Waals surface area contributed by atoms with Gasteiger partial charge in [0, 0.05) is 11.8 Å². The van der Waals surface area contributed by atoms with Gasteiger partial charge in [-0.05, 0) is 56.1 Å². The van der Waals surface area contributed by atoms with E-state index in [2.05, 4.69) is 5.32 Å². The molecule has 0 aliphatic heterocycles. The highest BCUT2D eigenvalue weighted by Crippen LogP contribution is 2.47. The number of methoxy groups -OCH3 is 1. The minimum Gasteiger partial charge on any atom is -0.497 e. The number of rotatable bonds is 5. The summed E-state index contributed by atoms with van der Waals surface area (Å²) < 4.78 is 5.22. The second-order valence-electron chi connectivity index (χ2n) is 6.44. The molecular weight excluding hydrogens is 266 g/mol. The fraction of sp³-hybridized carbons (Fsp3) is 0.588. The van der Waals surface area contributed by atoms with Crippen LogP contribution in [0.1, 0.15) is 38.5 Å². The lowest BCUT2D eigenvalue weighted by molar-refractivity contribution is -0.144. The van der Waals surface area contributed by atoms with Crippen LogP contribution in [0.5, 0.6) is 5.75 Å². The Labute approximate surface area is 125 Å². The molecule has 1 aromatic carbocycles. The van der Waals surface area contributed by atoms with Gasteiger partial charge in [-0.1, -0.05) is 12.5 Å². The fourth-order valence-electron chi connectivity index (χ4n) is 3.63. The smallest absolute Gasteiger partial charge is 0.329 e. The number of carbonyl (C=O) groups is 1. The number of benzene rings is 1. The molecule has 0 radical (unpaired) electrons. The summed E-state index contributed by atoms with van der Waals surface area (Å²) in [7, 11) is 1.62. The van der Waals surface area contributed by atoms with Crippen molar-refractivity contribution in [3.8, 4) is 5.75 Å². The van der Waals surface area contributed by atoms with Crippen LogP contribution in [-0.4, -0.2) is 23.7 Å². The van der Waals surface area contributed by atoms with Crippen molar-refractivity contribution < 1.29 is 14.6 Å². The summed E-state index contributed by atoms with van der Waals surface area (Å²) in [5.74, 6) is 1.34. The molecule has 2 aliphatic rings. The van der Waals surface area contributed by atoms with E-state index in [9.17, 15) is 9.90 Å². The summed E-state index contributed by atoms with van der Waals surface area (Å²) in [6.07, 6.45) is 6.16. The molecule has 21 heavy (non-hydrogen) atoms. The summed E-state index contributed by atoms with van der Waals surface area (Å²) >= 11 is 0. The zero-order chi connectivity index (χ0) is 14.9. The van der Waals surface area contributed by atoms with Crippen LogP contribution >= 0.6 is 0 Å². The SMILES string of the molecule is COc1cccc(NC2(C(=O)O)CCCC(C3CC3)C2)c1. The average Bonchev–Trinajstić information content (AvgIpc) is 3.32. The van der Waals surface area contributed by atoms with Gasteiger partial charge in [-0.3, -0.25) is 0 Å². The number of aliphatic carboxylic acids is 1. The molecule has 2 aliphatic carbocycles. The zero-order valence-corrected chi connectivity index (χ0v) is 12.5. The maximum absolute atomic E-state index is 11.9. The third-order valence-electron chi connectivity index (χ3n) is 4.94. The Balaban J connectivity index is 1.81. The third kappa shape index (κ3) is 2.99. The standard InChI is InChI=1S/C17H23NO3/c1-21-15-6-2-5-14(10-15)18-17(16(19)20)9-3-4-13(11-17)12-7-8-12/h2,5-6,10,12-13,18H,3-4,7-9,11H2,1H3,(H,19,20). The number of ether oxygens (including phenoxy) is 1. The molecule has 2 N–H and O–H groups in total. The van der Waals surface area contributed by atoms with Crippen LogP contribution in [0.4, 0.5) is 5.69 Å². The predicted molar refractivity (Wildman–Crippen MR) is 81.7 cm³/mol. The molecule has 3 rings (SSSR count). The van der Waals surface area contributed by atoms with E-state index >= 15 is 0 Å². The number of hydrogen-bond donors (Lipinski definition) is 2.